The van der Waals surface area contributed by atoms with E-state index in [0.29, 0.717) is 13.1 Å². The second-order valence-electron chi connectivity index (χ2n) is 5.43. The SMILES string of the molecule is CC(=O)N1CCN(S(O)(O)c2ccc(OC(F)(F)F)c(C)c2)CC1. The van der Waals surface area contributed by atoms with Crippen molar-refractivity contribution in [1.29, 1.82) is 0 Å². The monoisotopic (exact) mass is 368 g/mol. The molecular formula is C14H19F3N2O4S. The number of benzene rings is 1. The second kappa shape index (κ2) is 6.79. The van der Waals surface area contributed by atoms with Gasteiger partial charge in [0.15, 0.2) is 0 Å². The van der Waals surface area contributed by atoms with Crippen LogP contribution in [0.4, 0.5) is 13.2 Å². The van der Waals surface area contributed by atoms with Gasteiger partial charge < -0.3 is 9.64 Å². The Labute approximate surface area is 139 Å². The summed E-state index contributed by atoms with van der Waals surface area (Å²) in [6.45, 7) is 4.09. The lowest BCUT2D eigenvalue weighted by Gasteiger charge is -2.46. The molecule has 0 aromatic heterocycles. The van der Waals surface area contributed by atoms with Crippen molar-refractivity contribution in [2.24, 2.45) is 0 Å². The molecule has 24 heavy (non-hydrogen) atoms. The first-order valence-corrected chi connectivity index (χ1v) is 8.66. The van der Waals surface area contributed by atoms with Gasteiger partial charge in [0.05, 0.1) is 4.90 Å². The van der Waals surface area contributed by atoms with Crippen LogP contribution >= 0.6 is 10.8 Å². The number of alkyl halides is 3. The number of ether oxygens (including phenoxy) is 1. The normalized spacial score (nSPS) is 17.7. The van der Waals surface area contributed by atoms with E-state index in [1.54, 1.807) is 4.90 Å². The fourth-order valence-corrected chi connectivity index (χ4v) is 3.99. The number of carbonyl (C=O) groups excluding carboxylic acids is 1. The summed E-state index contributed by atoms with van der Waals surface area (Å²) in [5, 5.41) is 0. The van der Waals surface area contributed by atoms with Crippen LogP contribution < -0.4 is 4.74 Å². The first-order valence-electron chi connectivity index (χ1n) is 7.16. The summed E-state index contributed by atoms with van der Waals surface area (Å²) < 4.78 is 63.2. The Morgan fingerprint density at radius 1 is 1.21 bits per heavy atom. The molecule has 2 rings (SSSR count). The van der Waals surface area contributed by atoms with Gasteiger partial charge in [0.1, 0.15) is 5.75 Å². The highest BCUT2D eigenvalue weighted by atomic mass is 32.3. The van der Waals surface area contributed by atoms with Crippen LogP contribution in [0.2, 0.25) is 0 Å². The number of piperazine rings is 1. The lowest BCUT2D eigenvalue weighted by molar-refractivity contribution is -0.274. The topological polar surface area (TPSA) is 73.2 Å². The predicted molar refractivity (Wildman–Crippen MR) is 82.8 cm³/mol. The Morgan fingerprint density at radius 3 is 2.25 bits per heavy atom. The number of carbonyl (C=O) groups is 1. The molecule has 1 aliphatic heterocycles. The smallest absolute Gasteiger partial charge is 0.406 e. The number of amides is 1. The van der Waals surface area contributed by atoms with Crippen LogP contribution in [0.1, 0.15) is 12.5 Å². The molecule has 10 heteroatoms. The number of halogens is 3. The van der Waals surface area contributed by atoms with Crippen LogP contribution in [-0.4, -0.2) is 56.8 Å². The third-order valence-corrected chi connectivity index (χ3v) is 5.70. The third kappa shape index (κ3) is 4.32. The fourth-order valence-electron chi connectivity index (χ4n) is 2.44. The molecule has 1 aliphatic rings. The first-order chi connectivity index (χ1) is 11.0. The quantitative estimate of drug-likeness (QED) is 0.858. The van der Waals surface area contributed by atoms with Crippen molar-refractivity contribution < 1.29 is 31.8 Å². The maximum atomic E-state index is 12.3. The maximum Gasteiger partial charge on any atom is 0.573 e. The van der Waals surface area contributed by atoms with Crippen molar-refractivity contribution in [3.05, 3.63) is 23.8 Å². The Morgan fingerprint density at radius 2 is 1.79 bits per heavy atom. The molecule has 1 fully saturated rings. The number of aryl methyl sites for hydroxylation is 1. The lowest BCUT2D eigenvalue weighted by Crippen LogP contribution is -2.48. The average molecular weight is 368 g/mol. The van der Waals surface area contributed by atoms with Crippen molar-refractivity contribution in [2.75, 3.05) is 26.2 Å². The van der Waals surface area contributed by atoms with E-state index in [-0.39, 0.29) is 35.2 Å². The molecule has 6 nitrogen and oxygen atoms in total. The van der Waals surface area contributed by atoms with Gasteiger partial charge in [0.2, 0.25) is 5.91 Å². The van der Waals surface area contributed by atoms with Gasteiger partial charge >= 0.3 is 6.36 Å². The zero-order valence-electron chi connectivity index (χ0n) is 13.2. The maximum absolute atomic E-state index is 12.3. The van der Waals surface area contributed by atoms with E-state index in [0.717, 1.165) is 6.07 Å². The molecule has 1 aromatic rings. The van der Waals surface area contributed by atoms with E-state index < -0.39 is 17.1 Å². The van der Waals surface area contributed by atoms with Gasteiger partial charge in [0.25, 0.3) is 0 Å². The summed E-state index contributed by atoms with van der Waals surface area (Å²) in [6, 6.07) is 3.55. The summed E-state index contributed by atoms with van der Waals surface area (Å²) >= 11 is 0. The predicted octanol–water partition coefficient (Wildman–Crippen LogP) is 3.08. The highest BCUT2D eigenvalue weighted by Crippen LogP contribution is 2.52. The van der Waals surface area contributed by atoms with Crippen LogP contribution in [0.15, 0.2) is 23.1 Å². The van der Waals surface area contributed by atoms with Gasteiger partial charge in [-0.2, -0.15) is 4.31 Å². The standard InChI is InChI=1S/C14H19F3N2O4S/c1-10-9-12(3-4-13(10)23-14(15,16)17)24(21,22)19-7-5-18(6-8-19)11(2)20/h3-4,9,21-22H,5-8H2,1-2H3. The van der Waals surface area contributed by atoms with Crippen LogP contribution in [-0.2, 0) is 4.79 Å². The van der Waals surface area contributed by atoms with E-state index in [9.17, 15) is 27.1 Å². The minimum atomic E-state index is -4.81. The van der Waals surface area contributed by atoms with Gasteiger partial charge in [-0.3, -0.25) is 13.9 Å². The molecule has 1 heterocycles. The van der Waals surface area contributed by atoms with Crippen molar-refractivity contribution in [1.82, 2.24) is 9.21 Å². The summed E-state index contributed by atoms with van der Waals surface area (Å²) in [4.78, 5) is 13.0. The van der Waals surface area contributed by atoms with E-state index >= 15 is 0 Å². The molecule has 2 N–H and O–H groups in total. The zero-order valence-corrected chi connectivity index (χ0v) is 14.0. The highest BCUT2D eigenvalue weighted by Gasteiger charge is 2.33. The van der Waals surface area contributed by atoms with Crippen LogP contribution in [0.3, 0.4) is 0 Å². The van der Waals surface area contributed by atoms with Crippen molar-refractivity contribution in [3.63, 3.8) is 0 Å². The molecule has 0 radical (unpaired) electrons. The number of nitrogens with zero attached hydrogens (tertiary/aromatic N) is 2. The van der Waals surface area contributed by atoms with Crippen LogP contribution in [0, 0.1) is 6.92 Å². The zero-order chi connectivity index (χ0) is 18.1. The number of rotatable bonds is 3. The summed E-state index contributed by atoms with van der Waals surface area (Å²) in [5.74, 6) is -0.474. The summed E-state index contributed by atoms with van der Waals surface area (Å²) in [7, 11) is -3.34. The van der Waals surface area contributed by atoms with Gasteiger partial charge in [-0.25, -0.2) is 0 Å². The van der Waals surface area contributed by atoms with Crippen molar-refractivity contribution >= 4 is 16.7 Å². The average Bonchev–Trinajstić information content (AvgIpc) is 2.48. The van der Waals surface area contributed by atoms with Gasteiger partial charge in [-0.05, 0) is 30.7 Å². The van der Waals surface area contributed by atoms with E-state index in [2.05, 4.69) is 4.74 Å². The third-order valence-electron chi connectivity index (χ3n) is 3.73. The Balaban J connectivity index is 2.15. The van der Waals surface area contributed by atoms with E-state index in [1.165, 1.54) is 30.3 Å². The molecule has 1 saturated heterocycles. The first kappa shape index (κ1) is 18.8. The van der Waals surface area contributed by atoms with Gasteiger partial charge in [-0.15, -0.1) is 23.9 Å². The molecule has 0 spiro atoms. The fraction of sp³-hybridized carbons (Fsp3) is 0.500. The minimum Gasteiger partial charge on any atom is -0.406 e. The largest absolute Gasteiger partial charge is 0.573 e. The molecule has 1 aromatic carbocycles. The molecule has 0 atom stereocenters. The molecule has 136 valence electrons. The molecule has 0 saturated carbocycles. The highest BCUT2D eigenvalue weighted by molar-refractivity contribution is 8.22. The van der Waals surface area contributed by atoms with Crippen LogP contribution in [0.5, 0.6) is 5.75 Å². The summed E-state index contributed by atoms with van der Waals surface area (Å²) in [5.41, 5.74) is 0.146. The molecule has 0 unspecified atom stereocenters. The molecular weight excluding hydrogens is 349 g/mol. The molecule has 1 amide bonds. The summed E-state index contributed by atoms with van der Waals surface area (Å²) in [6.07, 6.45) is -4.81. The number of hydrogen-bond donors (Lipinski definition) is 2. The Kier molecular flexibility index (Phi) is 5.33. The van der Waals surface area contributed by atoms with E-state index in [4.69, 9.17) is 0 Å². The minimum absolute atomic E-state index is 0.0874. The Hall–Kier alpha value is -1.49. The lowest BCUT2D eigenvalue weighted by atomic mass is 10.2. The Bertz CT molecular complexity index is 617. The van der Waals surface area contributed by atoms with Gasteiger partial charge in [0, 0.05) is 33.1 Å². The molecule has 0 aliphatic carbocycles. The number of hydrogen-bond acceptors (Lipinski definition) is 5. The van der Waals surface area contributed by atoms with Crippen molar-refractivity contribution in [3.8, 4) is 5.75 Å². The molecule has 0 bridgehead atoms. The second-order valence-corrected chi connectivity index (χ2v) is 7.45. The van der Waals surface area contributed by atoms with Gasteiger partial charge in [-0.1, -0.05) is 0 Å². The van der Waals surface area contributed by atoms with Crippen LogP contribution in [0.25, 0.3) is 0 Å². The van der Waals surface area contributed by atoms with Crippen molar-refractivity contribution in [2.45, 2.75) is 25.1 Å². The van der Waals surface area contributed by atoms with E-state index in [1.807, 2.05) is 0 Å².